The number of amides is 4. The van der Waals surface area contributed by atoms with Gasteiger partial charge in [0.05, 0.1) is 6.04 Å². The van der Waals surface area contributed by atoms with Crippen LogP contribution in [-0.2, 0) is 14.4 Å². The molecule has 4 unspecified atom stereocenters. The standard InChI is InChI=1S/C32H41F2N5O6/c33-32(34)45-25-11-5-10-22-21(25)15-24(37-22)31(44)39-16-18-6-4-9-20(18)26(39)29(42)38-23(14-17-12-13-35-28(17)41)27(40)30(43)36-19-7-2-1-3-8-19/h5,10-11,15,17-20,23,26-27,32,37,40H,1-4,6-9,12-14,16H2,(H,35,41)(H,36,43)(H,38,42)/t17-,18?,20?,23-,26?,27?/m0/s1. The number of aromatic nitrogens is 1. The molecular weight excluding hydrogens is 588 g/mol. The Balaban J connectivity index is 1.23. The number of nitrogens with one attached hydrogen (secondary N) is 4. The van der Waals surface area contributed by atoms with Crippen molar-refractivity contribution in [2.75, 3.05) is 13.1 Å². The van der Waals surface area contributed by atoms with E-state index in [4.69, 9.17) is 0 Å². The van der Waals surface area contributed by atoms with Crippen molar-refractivity contribution in [2.24, 2.45) is 17.8 Å². The number of nitrogens with zero attached hydrogens (tertiary/aromatic N) is 1. The number of benzene rings is 1. The molecule has 45 heavy (non-hydrogen) atoms. The number of aliphatic hydroxyl groups is 1. The van der Waals surface area contributed by atoms with Crippen LogP contribution in [0.25, 0.3) is 10.9 Å². The number of likely N-dealkylation sites (tertiary alicyclic amines) is 1. The van der Waals surface area contributed by atoms with Gasteiger partial charge in [0, 0.05) is 36.0 Å². The fraction of sp³-hybridized carbons (Fsp3) is 0.625. The second kappa shape index (κ2) is 13.3. The second-order valence-corrected chi connectivity index (χ2v) is 13.0. The summed E-state index contributed by atoms with van der Waals surface area (Å²) in [4.78, 5) is 58.2. The Hall–Kier alpha value is -3.74. The van der Waals surface area contributed by atoms with Gasteiger partial charge in [-0.1, -0.05) is 31.7 Å². The fourth-order valence-electron chi connectivity index (χ4n) is 7.87. The van der Waals surface area contributed by atoms with Crippen molar-refractivity contribution >= 4 is 34.5 Å². The summed E-state index contributed by atoms with van der Waals surface area (Å²) >= 11 is 0. The molecule has 2 saturated heterocycles. The van der Waals surface area contributed by atoms with Gasteiger partial charge in [-0.2, -0.15) is 8.78 Å². The minimum Gasteiger partial charge on any atom is -0.434 e. The van der Waals surface area contributed by atoms with E-state index in [1.165, 1.54) is 17.0 Å². The van der Waals surface area contributed by atoms with Gasteiger partial charge < -0.3 is 35.7 Å². The molecule has 4 fully saturated rings. The van der Waals surface area contributed by atoms with Crippen LogP contribution in [0.2, 0.25) is 0 Å². The highest BCUT2D eigenvalue weighted by Crippen LogP contribution is 2.43. The van der Waals surface area contributed by atoms with Crippen molar-refractivity contribution < 1.29 is 37.8 Å². The maximum atomic E-state index is 14.1. The Kier molecular flexibility index (Phi) is 9.25. The van der Waals surface area contributed by atoms with Crippen LogP contribution in [-0.4, -0.2) is 82.5 Å². The van der Waals surface area contributed by atoms with E-state index in [0.717, 1.165) is 51.4 Å². The van der Waals surface area contributed by atoms with E-state index in [2.05, 4.69) is 25.7 Å². The largest absolute Gasteiger partial charge is 0.434 e. The Labute approximate surface area is 259 Å². The molecule has 1 aromatic heterocycles. The van der Waals surface area contributed by atoms with Crippen LogP contribution in [0.3, 0.4) is 0 Å². The molecule has 4 amide bonds. The van der Waals surface area contributed by atoms with Crippen molar-refractivity contribution in [3.8, 4) is 5.75 Å². The zero-order valence-corrected chi connectivity index (χ0v) is 25.1. The summed E-state index contributed by atoms with van der Waals surface area (Å²) in [5.41, 5.74) is 0.582. The Bertz CT molecular complexity index is 1430. The van der Waals surface area contributed by atoms with Gasteiger partial charge in [-0.25, -0.2) is 0 Å². The summed E-state index contributed by atoms with van der Waals surface area (Å²) in [6.45, 7) is -2.20. The van der Waals surface area contributed by atoms with Crippen molar-refractivity contribution in [3.05, 3.63) is 30.0 Å². The predicted molar refractivity (Wildman–Crippen MR) is 159 cm³/mol. The van der Waals surface area contributed by atoms with Crippen LogP contribution in [0.4, 0.5) is 8.78 Å². The second-order valence-electron chi connectivity index (χ2n) is 13.0. The highest BCUT2D eigenvalue weighted by molar-refractivity contribution is 6.02. The van der Waals surface area contributed by atoms with Crippen molar-refractivity contribution in [1.29, 1.82) is 0 Å². The van der Waals surface area contributed by atoms with Crippen molar-refractivity contribution in [1.82, 2.24) is 25.8 Å². The normalized spacial score (nSPS) is 26.5. The highest BCUT2D eigenvalue weighted by Gasteiger charge is 2.50. The lowest BCUT2D eigenvalue weighted by Crippen LogP contribution is -2.57. The molecule has 6 rings (SSSR count). The fourth-order valence-corrected chi connectivity index (χ4v) is 7.87. The molecule has 0 radical (unpaired) electrons. The molecule has 0 bridgehead atoms. The lowest BCUT2D eigenvalue weighted by Gasteiger charge is -2.32. The molecule has 11 nitrogen and oxygen atoms in total. The number of ether oxygens (including phenoxy) is 1. The SMILES string of the molecule is O=C(NC1CCCCC1)C(O)[C@H](C[C@@H]1CCNC1=O)NC(=O)C1C2CCCC2CN1C(=O)c1cc2c(OC(F)F)cccc2[nH]1. The average Bonchev–Trinajstić information content (AvgIpc) is 3.81. The molecule has 4 aliphatic rings. The zero-order valence-electron chi connectivity index (χ0n) is 25.1. The molecule has 2 aliphatic carbocycles. The summed E-state index contributed by atoms with van der Waals surface area (Å²) in [7, 11) is 0. The predicted octanol–water partition coefficient (Wildman–Crippen LogP) is 2.83. The molecule has 0 spiro atoms. The minimum absolute atomic E-state index is 0.0443. The summed E-state index contributed by atoms with van der Waals surface area (Å²) < 4.78 is 30.6. The number of hydrogen-bond donors (Lipinski definition) is 5. The number of hydrogen-bond acceptors (Lipinski definition) is 6. The van der Waals surface area contributed by atoms with Crippen molar-refractivity contribution in [2.45, 2.75) is 95.0 Å². The monoisotopic (exact) mass is 629 g/mol. The summed E-state index contributed by atoms with van der Waals surface area (Å²) in [5, 5.41) is 20.2. The number of halogens is 2. The van der Waals surface area contributed by atoms with Gasteiger partial charge in [-0.3, -0.25) is 19.2 Å². The molecule has 2 aromatic rings. The van der Waals surface area contributed by atoms with Gasteiger partial charge in [-0.05, 0) is 68.6 Å². The van der Waals surface area contributed by atoms with Gasteiger partial charge in [0.15, 0.2) is 6.10 Å². The molecule has 6 atom stereocenters. The first-order chi connectivity index (χ1) is 21.7. The van der Waals surface area contributed by atoms with E-state index in [9.17, 15) is 33.1 Å². The maximum absolute atomic E-state index is 14.1. The molecule has 244 valence electrons. The van der Waals surface area contributed by atoms with Gasteiger partial charge in [0.2, 0.25) is 11.8 Å². The first-order valence-corrected chi connectivity index (χ1v) is 16.1. The third-order valence-electron chi connectivity index (χ3n) is 10.1. The lowest BCUT2D eigenvalue weighted by molar-refractivity contribution is -0.135. The molecule has 2 saturated carbocycles. The topological polar surface area (TPSA) is 153 Å². The van der Waals surface area contributed by atoms with Crippen LogP contribution in [0.1, 0.15) is 74.7 Å². The molecule has 2 aliphatic heterocycles. The molecular formula is C32H41F2N5O6. The number of H-pyrrole nitrogens is 1. The number of rotatable bonds is 10. The summed E-state index contributed by atoms with van der Waals surface area (Å²) in [5.74, 6) is -2.24. The van der Waals surface area contributed by atoms with E-state index in [1.807, 2.05) is 0 Å². The quantitative estimate of drug-likeness (QED) is 0.273. The van der Waals surface area contributed by atoms with E-state index in [0.29, 0.717) is 30.4 Å². The van der Waals surface area contributed by atoms with Crippen LogP contribution in [0.15, 0.2) is 24.3 Å². The molecule has 13 heteroatoms. The minimum atomic E-state index is -3.03. The van der Waals surface area contributed by atoms with E-state index in [1.54, 1.807) is 12.1 Å². The third kappa shape index (κ3) is 6.63. The zero-order chi connectivity index (χ0) is 31.7. The van der Waals surface area contributed by atoms with Crippen molar-refractivity contribution in [3.63, 3.8) is 0 Å². The van der Waals surface area contributed by atoms with Gasteiger partial charge in [0.25, 0.3) is 11.8 Å². The number of aliphatic hydroxyl groups excluding tert-OH is 1. The van der Waals surface area contributed by atoms with E-state index < -0.39 is 48.4 Å². The molecule has 1 aromatic carbocycles. The smallest absolute Gasteiger partial charge is 0.387 e. The maximum Gasteiger partial charge on any atom is 0.387 e. The number of aromatic amines is 1. The van der Waals surface area contributed by atoms with Crippen LogP contribution >= 0.6 is 0 Å². The number of fused-ring (bicyclic) bond motifs is 2. The van der Waals surface area contributed by atoms with E-state index in [-0.39, 0.29) is 41.6 Å². The molecule has 5 N–H and O–H groups in total. The number of carbonyl (C=O) groups excluding carboxylic acids is 4. The first kappa shape index (κ1) is 31.3. The van der Waals surface area contributed by atoms with Gasteiger partial charge in [-0.15, -0.1) is 0 Å². The Morgan fingerprint density at radius 3 is 2.60 bits per heavy atom. The number of carbonyl (C=O) groups is 4. The Morgan fingerprint density at radius 2 is 1.87 bits per heavy atom. The van der Waals surface area contributed by atoms with Crippen LogP contribution < -0.4 is 20.7 Å². The van der Waals surface area contributed by atoms with E-state index >= 15 is 0 Å². The van der Waals surface area contributed by atoms with Gasteiger partial charge in [0.1, 0.15) is 17.5 Å². The lowest BCUT2D eigenvalue weighted by atomic mass is 9.91. The average molecular weight is 630 g/mol. The third-order valence-corrected chi connectivity index (χ3v) is 10.1. The highest BCUT2D eigenvalue weighted by atomic mass is 19.3. The van der Waals surface area contributed by atoms with Crippen LogP contribution in [0, 0.1) is 17.8 Å². The number of alkyl halides is 2. The van der Waals surface area contributed by atoms with Gasteiger partial charge >= 0.3 is 6.61 Å². The summed E-state index contributed by atoms with van der Waals surface area (Å²) in [6.07, 6.45) is 6.30. The van der Waals surface area contributed by atoms with Crippen LogP contribution in [0.5, 0.6) is 5.75 Å². The molecule has 3 heterocycles. The first-order valence-electron chi connectivity index (χ1n) is 16.1. The summed E-state index contributed by atoms with van der Waals surface area (Å²) in [6, 6.07) is 4.11. The Morgan fingerprint density at radius 1 is 1.07 bits per heavy atom.